The fourth-order valence-electron chi connectivity index (χ4n) is 3.55. The van der Waals surface area contributed by atoms with Crippen LogP contribution in [0.1, 0.15) is 18.4 Å². The molecule has 3 rings (SSSR count). The topological polar surface area (TPSA) is 50.8 Å². The Morgan fingerprint density at radius 2 is 2.32 bits per heavy atom. The van der Waals surface area contributed by atoms with E-state index in [2.05, 4.69) is 22.3 Å². The zero-order chi connectivity index (χ0) is 15.5. The molecule has 120 valence electrons. The Balaban J connectivity index is 1.51. The second kappa shape index (κ2) is 6.67. The van der Waals surface area contributed by atoms with Crippen molar-refractivity contribution in [3.63, 3.8) is 0 Å². The smallest absolute Gasteiger partial charge is 0.222 e. The first kappa shape index (κ1) is 15.3. The van der Waals surface area contributed by atoms with E-state index in [1.807, 2.05) is 12.1 Å². The Hall–Kier alpha value is -1.59. The molecule has 0 unspecified atom stereocenters. The number of benzene rings is 1. The maximum Gasteiger partial charge on any atom is 0.222 e. The first-order valence-electron chi connectivity index (χ1n) is 7.89. The van der Waals surface area contributed by atoms with Gasteiger partial charge in [0.1, 0.15) is 5.75 Å². The van der Waals surface area contributed by atoms with E-state index in [9.17, 15) is 4.79 Å². The molecule has 0 radical (unpaired) electrons. The molecule has 2 aliphatic heterocycles. The summed E-state index contributed by atoms with van der Waals surface area (Å²) < 4.78 is 11.3. The fraction of sp³-hybridized carbons (Fsp3) is 0.588. The monoisotopic (exact) mass is 304 g/mol. The molecule has 1 N–H and O–H groups in total. The van der Waals surface area contributed by atoms with Gasteiger partial charge in [-0.05, 0) is 24.1 Å². The minimum atomic E-state index is 0.0678. The molecule has 22 heavy (non-hydrogen) atoms. The van der Waals surface area contributed by atoms with Crippen LogP contribution in [0.5, 0.6) is 5.75 Å². The minimum Gasteiger partial charge on any atom is -0.497 e. The number of fused-ring (bicyclic) bond motifs is 1. The number of ether oxygens (including phenoxy) is 2. The van der Waals surface area contributed by atoms with Crippen molar-refractivity contribution in [3.8, 4) is 5.75 Å². The molecule has 3 atom stereocenters. The van der Waals surface area contributed by atoms with Gasteiger partial charge in [-0.3, -0.25) is 9.69 Å². The molecule has 2 fully saturated rings. The molecule has 0 saturated carbocycles. The standard InChI is InChI=1S/C17H24N2O3/c1-18-17(20)8-15-7-13-10-19(11-16(13)22-15)9-12-4-3-5-14(6-12)21-2/h3-6,13,15-16H,7-11H2,1-2H3,(H,18,20)/t13-,15+,16+/m0/s1. The number of methoxy groups -OCH3 is 1. The highest BCUT2D eigenvalue weighted by atomic mass is 16.5. The molecule has 5 nitrogen and oxygen atoms in total. The largest absolute Gasteiger partial charge is 0.497 e. The van der Waals surface area contributed by atoms with Crippen LogP contribution in [0.15, 0.2) is 24.3 Å². The molecule has 0 spiro atoms. The van der Waals surface area contributed by atoms with Crippen molar-refractivity contribution >= 4 is 5.91 Å². The molecule has 2 aliphatic rings. The second-order valence-electron chi connectivity index (χ2n) is 6.22. The summed E-state index contributed by atoms with van der Waals surface area (Å²) >= 11 is 0. The van der Waals surface area contributed by atoms with E-state index in [0.29, 0.717) is 12.3 Å². The third-order valence-electron chi connectivity index (χ3n) is 4.62. The van der Waals surface area contributed by atoms with E-state index < -0.39 is 0 Å². The number of hydrogen-bond donors (Lipinski definition) is 1. The maximum atomic E-state index is 11.4. The van der Waals surface area contributed by atoms with Crippen molar-refractivity contribution < 1.29 is 14.3 Å². The average molecular weight is 304 g/mol. The number of hydrogen-bond acceptors (Lipinski definition) is 4. The molecule has 2 saturated heterocycles. The van der Waals surface area contributed by atoms with E-state index in [1.54, 1.807) is 14.2 Å². The van der Waals surface area contributed by atoms with Gasteiger partial charge >= 0.3 is 0 Å². The van der Waals surface area contributed by atoms with Crippen LogP contribution in [0.2, 0.25) is 0 Å². The summed E-state index contributed by atoms with van der Waals surface area (Å²) in [6, 6.07) is 8.21. The van der Waals surface area contributed by atoms with Gasteiger partial charge < -0.3 is 14.8 Å². The molecule has 0 bridgehead atoms. The third kappa shape index (κ3) is 3.42. The molecular formula is C17H24N2O3. The van der Waals surface area contributed by atoms with Crippen LogP contribution in [0.25, 0.3) is 0 Å². The van der Waals surface area contributed by atoms with Gasteiger partial charge in [-0.2, -0.15) is 0 Å². The molecular weight excluding hydrogens is 280 g/mol. The lowest BCUT2D eigenvalue weighted by Gasteiger charge is -2.19. The minimum absolute atomic E-state index is 0.0678. The number of nitrogens with one attached hydrogen (secondary N) is 1. The second-order valence-corrected chi connectivity index (χ2v) is 6.22. The fourth-order valence-corrected chi connectivity index (χ4v) is 3.55. The van der Waals surface area contributed by atoms with Crippen molar-refractivity contribution in [3.05, 3.63) is 29.8 Å². The summed E-state index contributed by atoms with van der Waals surface area (Å²) in [5, 5.41) is 2.67. The molecule has 1 aromatic carbocycles. The molecule has 1 aromatic rings. The number of carbonyl (C=O) groups is 1. The summed E-state index contributed by atoms with van der Waals surface area (Å²) in [6.07, 6.45) is 1.85. The van der Waals surface area contributed by atoms with E-state index in [4.69, 9.17) is 9.47 Å². The predicted octanol–water partition coefficient (Wildman–Crippen LogP) is 1.42. The summed E-state index contributed by atoms with van der Waals surface area (Å²) in [6.45, 7) is 2.92. The SMILES string of the molecule is CNC(=O)C[C@H]1C[C@H]2CN(Cc3cccc(OC)c3)C[C@H]2O1. The van der Waals surface area contributed by atoms with E-state index in [-0.39, 0.29) is 18.1 Å². The lowest BCUT2D eigenvalue weighted by Crippen LogP contribution is -2.28. The van der Waals surface area contributed by atoms with Crippen molar-refractivity contribution in [2.45, 2.75) is 31.6 Å². The summed E-state index contributed by atoms with van der Waals surface area (Å²) in [4.78, 5) is 13.9. The maximum absolute atomic E-state index is 11.4. The van der Waals surface area contributed by atoms with Crippen molar-refractivity contribution in [2.75, 3.05) is 27.2 Å². The van der Waals surface area contributed by atoms with Gasteiger partial charge in [-0.1, -0.05) is 12.1 Å². The van der Waals surface area contributed by atoms with Crippen molar-refractivity contribution in [1.29, 1.82) is 0 Å². The van der Waals surface area contributed by atoms with Crippen LogP contribution in [0, 0.1) is 5.92 Å². The molecule has 2 heterocycles. The van der Waals surface area contributed by atoms with Gasteiger partial charge in [0.2, 0.25) is 5.91 Å². The molecule has 5 heteroatoms. The van der Waals surface area contributed by atoms with E-state index in [1.165, 1.54) is 5.56 Å². The first-order valence-corrected chi connectivity index (χ1v) is 7.89. The highest BCUT2D eigenvalue weighted by molar-refractivity contribution is 5.76. The van der Waals surface area contributed by atoms with Gasteiger partial charge in [0.25, 0.3) is 0 Å². The molecule has 0 aliphatic carbocycles. The van der Waals surface area contributed by atoms with Crippen molar-refractivity contribution in [2.24, 2.45) is 5.92 Å². The molecule has 1 amide bonds. The van der Waals surface area contributed by atoms with Crippen LogP contribution < -0.4 is 10.1 Å². The zero-order valence-electron chi connectivity index (χ0n) is 13.2. The van der Waals surface area contributed by atoms with Crippen LogP contribution >= 0.6 is 0 Å². The Labute approximate surface area is 131 Å². The third-order valence-corrected chi connectivity index (χ3v) is 4.62. The van der Waals surface area contributed by atoms with Crippen molar-refractivity contribution in [1.82, 2.24) is 10.2 Å². The number of likely N-dealkylation sites (tertiary alicyclic amines) is 1. The van der Waals surface area contributed by atoms with Gasteiger partial charge in [0.05, 0.1) is 25.7 Å². The normalized spacial score (nSPS) is 27.6. The van der Waals surface area contributed by atoms with Crippen LogP contribution in [0.3, 0.4) is 0 Å². The van der Waals surface area contributed by atoms with Crippen LogP contribution in [0.4, 0.5) is 0 Å². The van der Waals surface area contributed by atoms with E-state index >= 15 is 0 Å². The Morgan fingerprint density at radius 1 is 1.45 bits per heavy atom. The number of rotatable bonds is 5. The predicted molar refractivity (Wildman–Crippen MR) is 83.7 cm³/mol. The summed E-state index contributed by atoms with van der Waals surface area (Å²) in [5.41, 5.74) is 1.27. The lowest BCUT2D eigenvalue weighted by molar-refractivity contribution is -0.123. The molecule has 0 aromatic heterocycles. The zero-order valence-corrected chi connectivity index (χ0v) is 13.2. The van der Waals surface area contributed by atoms with Gasteiger partial charge in [0.15, 0.2) is 0 Å². The highest BCUT2D eigenvalue weighted by Crippen LogP contribution is 2.34. The summed E-state index contributed by atoms with van der Waals surface area (Å²) in [7, 11) is 3.37. The van der Waals surface area contributed by atoms with Gasteiger partial charge in [-0.15, -0.1) is 0 Å². The number of nitrogens with zero attached hydrogens (tertiary/aromatic N) is 1. The van der Waals surface area contributed by atoms with Gasteiger partial charge in [0, 0.05) is 32.6 Å². The van der Waals surface area contributed by atoms with Crippen LogP contribution in [-0.4, -0.2) is 50.3 Å². The Morgan fingerprint density at radius 3 is 3.05 bits per heavy atom. The quantitative estimate of drug-likeness (QED) is 0.894. The Kier molecular flexibility index (Phi) is 4.64. The average Bonchev–Trinajstić information content (AvgIpc) is 3.04. The van der Waals surface area contributed by atoms with E-state index in [0.717, 1.165) is 31.8 Å². The van der Waals surface area contributed by atoms with Gasteiger partial charge in [-0.25, -0.2) is 0 Å². The number of carbonyl (C=O) groups excluding carboxylic acids is 1. The number of amides is 1. The lowest BCUT2D eigenvalue weighted by atomic mass is 10.0. The summed E-state index contributed by atoms with van der Waals surface area (Å²) in [5.74, 6) is 1.53. The highest BCUT2D eigenvalue weighted by Gasteiger charge is 2.42. The Bertz CT molecular complexity index is 520. The first-order chi connectivity index (χ1) is 10.7. The van der Waals surface area contributed by atoms with Crippen LogP contribution in [-0.2, 0) is 16.1 Å².